The molecule has 42 heavy (non-hydrogen) atoms. The van der Waals surface area contributed by atoms with Crippen molar-refractivity contribution in [3.63, 3.8) is 0 Å². The minimum absolute atomic E-state index is 0.436. The van der Waals surface area contributed by atoms with Crippen molar-refractivity contribution in [2.75, 3.05) is 52.4 Å². The van der Waals surface area contributed by atoms with Crippen molar-refractivity contribution in [2.45, 2.75) is 142 Å². The number of hydrogen-bond acceptors (Lipinski definition) is 6. The second kappa shape index (κ2) is 30.0. The van der Waals surface area contributed by atoms with Crippen LogP contribution >= 0.6 is 0 Å². The molecule has 0 aliphatic heterocycles. The molecule has 0 amide bonds. The maximum atomic E-state index is 5.98. The van der Waals surface area contributed by atoms with Gasteiger partial charge in [0.05, 0.1) is 0 Å². The van der Waals surface area contributed by atoms with Crippen LogP contribution in [0.4, 0.5) is 0 Å². The summed E-state index contributed by atoms with van der Waals surface area (Å²) in [6.07, 6.45) is 22.8. The average molecular weight is 589 g/mol. The molecule has 0 spiro atoms. The lowest BCUT2D eigenvalue weighted by Crippen LogP contribution is -2.35. The van der Waals surface area contributed by atoms with Gasteiger partial charge in [-0.25, -0.2) is 0 Å². The Balaban J connectivity index is 2.29. The molecule has 0 aliphatic carbocycles. The average Bonchev–Trinajstić information content (AvgIpc) is 2.99. The van der Waals surface area contributed by atoms with E-state index in [2.05, 4.69) is 59.4 Å². The van der Waals surface area contributed by atoms with Crippen molar-refractivity contribution in [1.82, 2.24) is 21.3 Å². The third-order valence-electron chi connectivity index (χ3n) is 8.33. The van der Waals surface area contributed by atoms with E-state index in [1.807, 2.05) is 0 Å². The van der Waals surface area contributed by atoms with Crippen LogP contribution in [-0.2, 0) is 12.8 Å². The Morgan fingerprint density at radius 2 is 0.929 bits per heavy atom. The van der Waals surface area contributed by atoms with Gasteiger partial charge < -0.3 is 32.7 Å². The highest BCUT2D eigenvalue weighted by molar-refractivity contribution is 5.25. The summed E-state index contributed by atoms with van der Waals surface area (Å²) in [4.78, 5) is 0. The molecular formula is C36H72N6. The predicted octanol–water partition coefficient (Wildman–Crippen LogP) is 6.07. The zero-order valence-electron chi connectivity index (χ0n) is 28.0. The van der Waals surface area contributed by atoms with Crippen LogP contribution in [0.5, 0.6) is 0 Å². The molecule has 0 bridgehead atoms. The van der Waals surface area contributed by atoms with Gasteiger partial charge in [-0.05, 0) is 115 Å². The molecule has 2 unspecified atom stereocenters. The molecule has 6 nitrogen and oxygen atoms in total. The Morgan fingerprint density at radius 3 is 1.36 bits per heavy atom. The first-order valence-electron chi connectivity index (χ1n) is 18.1. The van der Waals surface area contributed by atoms with Gasteiger partial charge in [0.15, 0.2) is 0 Å². The molecule has 0 fully saturated rings. The standard InChI is InChI=1S/C36H72N6/c1-3-5-7-9-11-13-24-39-26-16-28-41-35(20-22-37)31-33-18-15-19-34(30-33)32-36(21-23-38)42-29-17-27-40-25-14-12-10-8-6-4-2/h15,18-19,30,35-36,39-42H,3-14,16-17,20-29,31-32,37-38H2,1-2H3. The van der Waals surface area contributed by atoms with Crippen LogP contribution in [-0.4, -0.2) is 64.4 Å². The van der Waals surface area contributed by atoms with Gasteiger partial charge in [0.25, 0.3) is 0 Å². The third-order valence-corrected chi connectivity index (χ3v) is 8.33. The number of benzene rings is 1. The summed E-state index contributed by atoms with van der Waals surface area (Å²) in [5.41, 5.74) is 14.8. The molecule has 6 heteroatoms. The summed E-state index contributed by atoms with van der Waals surface area (Å²) in [6.45, 7) is 12.6. The fraction of sp³-hybridized carbons (Fsp3) is 0.833. The first-order valence-corrected chi connectivity index (χ1v) is 18.1. The van der Waals surface area contributed by atoms with E-state index in [0.717, 1.165) is 90.9 Å². The van der Waals surface area contributed by atoms with Crippen molar-refractivity contribution in [1.29, 1.82) is 0 Å². The van der Waals surface area contributed by atoms with Crippen LogP contribution in [0.2, 0.25) is 0 Å². The number of hydrogen-bond donors (Lipinski definition) is 6. The second-order valence-electron chi connectivity index (χ2n) is 12.4. The zero-order chi connectivity index (χ0) is 30.4. The molecule has 0 radical (unpaired) electrons. The second-order valence-corrected chi connectivity index (χ2v) is 12.4. The minimum Gasteiger partial charge on any atom is -0.330 e. The van der Waals surface area contributed by atoms with Crippen LogP contribution in [0.25, 0.3) is 0 Å². The molecule has 0 saturated carbocycles. The highest BCUT2D eigenvalue weighted by Gasteiger charge is 2.12. The summed E-state index contributed by atoms with van der Waals surface area (Å²) in [5.74, 6) is 0. The molecule has 0 aliphatic rings. The van der Waals surface area contributed by atoms with E-state index >= 15 is 0 Å². The van der Waals surface area contributed by atoms with Gasteiger partial charge in [0.1, 0.15) is 0 Å². The first kappa shape index (κ1) is 39.0. The molecule has 0 aromatic heterocycles. The quantitative estimate of drug-likeness (QED) is 0.0572. The van der Waals surface area contributed by atoms with Gasteiger partial charge in [-0.3, -0.25) is 0 Å². The molecular weight excluding hydrogens is 516 g/mol. The van der Waals surface area contributed by atoms with Crippen molar-refractivity contribution in [3.8, 4) is 0 Å². The lowest BCUT2D eigenvalue weighted by atomic mass is 9.97. The Morgan fingerprint density at radius 1 is 0.524 bits per heavy atom. The maximum Gasteiger partial charge on any atom is 0.0119 e. The van der Waals surface area contributed by atoms with E-state index in [1.54, 1.807) is 0 Å². The highest BCUT2D eigenvalue weighted by atomic mass is 14.9. The predicted molar refractivity (Wildman–Crippen MR) is 186 cm³/mol. The summed E-state index contributed by atoms with van der Waals surface area (Å²) >= 11 is 0. The molecule has 1 aromatic carbocycles. The molecule has 246 valence electrons. The Bertz CT molecular complexity index is 631. The minimum atomic E-state index is 0.436. The van der Waals surface area contributed by atoms with Crippen LogP contribution in [0.1, 0.15) is 128 Å². The van der Waals surface area contributed by atoms with E-state index in [9.17, 15) is 0 Å². The van der Waals surface area contributed by atoms with Crippen molar-refractivity contribution < 1.29 is 0 Å². The van der Waals surface area contributed by atoms with Gasteiger partial charge in [-0.1, -0.05) is 102 Å². The molecule has 0 saturated heterocycles. The highest BCUT2D eigenvalue weighted by Crippen LogP contribution is 2.13. The summed E-state index contributed by atoms with van der Waals surface area (Å²) < 4.78 is 0. The lowest BCUT2D eigenvalue weighted by Gasteiger charge is -2.21. The molecule has 1 aromatic rings. The molecule has 2 atom stereocenters. The summed E-state index contributed by atoms with van der Waals surface area (Å²) in [5, 5.41) is 14.8. The lowest BCUT2D eigenvalue weighted by molar-refractivity contribution is 0.465. The number of rotatable bonds is 32. The first-order chi connectivity index (χ1) is 20.7. The third kappa shape index (κ3) is 23.4. The van der Waals surface area contributed by atoms with E-state index in [0.29, 0.717) is 12.1 Å². The van der Waals surface area contributed by atoms with Crippen LogP contribution in [0.3, 0.4) is 0 Å². The van der Waals surface area contributed by atoms with Crippen molar-refractivity contribution >= 4 is 0 Å². The zero-order valence-corrected chi connectivity index (χ0v) is 28.0. The maximum absolute atomic E-state index is 5.98. The Kier molecular flexibility index (Phi) is 27.9. The van der Waals surface area contributed by atoms with Crippen molar-refractivity contribution in [3.05, 3.63) is 35.4 Å². The fourth-order valence-electron chi connectivity index (χ4n) is 5.76. The smallest absolute Gasteiger partial charge is 0.0119 e. The van der Waals surface area contributed by atoms with Crippen LogP contribution in [0.15, 0.2) is 24.3 Å². The fourth-order valence-corrected chi connectivity index (χ4v) is 5.76. The number of nitrogens with two attached hydrogens (primary N) is 2. The topological polar surface area (TPSA) is 100 Å². The van der Waals surface area contributed by atoms with E-state index in [1.165, 1.54) is 88.2 Å². The van der Waals surface area contributed by atoms with E-state index in [-0.39, 0.29) is 0 Å². The van der Waals surface area contributed by atoms with Crippen LogP contribution < -0.4 is 32.7 Å². The molecule has 1 rings (SSSR count). The monoisotopic (exact) mass is 589 g/mol. The van der Waals surface area contributed by atoms with Gasteiger partial charge in [0, 0.05) is 12.1 Å². The van der Waals surface area contributed by atoms with E-state index in [4.69, 9.17) is 11.5 Å². The van der Waals surface area contributed by atoms with Crippen LogP contribution in [0, 0.1) is 0 Å². The summed E-state index contributed by atoms with van der Waals surface area (Å²) in [7, 11) is 0. The largest absolute Gasteiger partial charge is 0.330 e. The SMILES string of the molecule is CCCCCCCCNCCCNC(CCN)Cc1cccc(CC(CCN)NCCCNCCCCCCCC)c1. The number of nitrogens with one attached hydrogen (secondary N) is 4. The molecule has 8 N–H and O–H groups in total. The van der Waals surface area contributed by atoms with Gasteiger partial charge in [0.2, 0.25) is 0 Å². The van der Waals surface area contributed by atoms with Gasteiger partial charge in [-0.2, -0.15) is 0 Å². The van der Waals surface area contributed by atoms with Gasteiger partial charge >= 0.3 is 0 Å². The summed E-state index contributed by atoms with van der Waals surface area (Å²) in [6, 6.07) is 10.0. The normalized spacial score (nSPS) is 13.0. The molecule has 0 heterocycles. The van der Waals surface area contributed by atoms with E-state index < -0.39 is 0 Å². The Labute approximate surface area is 261 Å². The van der Waals surface area contributed by atoms with Gasteiger partial charge in [-0.15, -0.1) is 0 Å². The number of unbranched alkanes of at least 4 members (excludes halogenated alkanes) is 10. The Hall–Kier alpha value is -1.02. The van der Waals surface area contributed by atoms with Crippen molar-refractivity contribution in [2.24, 2.45) is 11.5 Å².